The third kappa shape index (κ3) is 4.23. The van der Waals surface area contributed by atoms with Crippen molar-refractivity contribution in [1.82, 2.24) is 25.1 Å². The van der Waals surface area contributed by atoms with E-state index in [-0.39, 0.29) is 5.91 Å². The lowest BCUT2D eigenvalue weighted by molar-refractivity contribution is -0.122. The highest BCUT2D eigenvalue weighted by molar-refractivity contribution is 5.79. The van der Waals surface area contributed by atoms with Crippen LogP contribution in [0.15, 0.2) is 42.7 Å². The number of benzene rings is 1. The molecule has 2 aromatic heterocycles. The molecule has 2 fully saturated rings. The van der Waals surface area contributed by atoms with Gasteiger partial charge in [-0.3, -0.25) is 4.79 Å². The van der Waals surface area contributed by atoms with Gasteiger partial charge in [-0.15, -0.1) is 0 Å². The number of anilines is 1. The van der Waals surface area contributed by atoms with E-state index in [0.29, 0.717) is 30.4 Å². The Morgan fingerprint density at radius 2 is 1.83 bits per heavy atom. The molecule has 2 aliphatic carbocycles. The van der Waals surface area contributed by atoms with Crippen molar-refractivity contribution in [3.05, 3.63) is 42.7 Å². The average Bonchev–Trinajstić information content (AvgIpc) is 3.44. The number of rotatable bonds is 6. The Bertz CT molecular complexity index is 1000. The maximum absolute atomic E-state index is 12.0. The minimum Gasteiger partial charge on any atom is -0.353 e. The van der Waals surface area contributed by atoms with Crippen LogP contribution < -0.4 is 10.6 Å². The van der Waals surface area contributed by atoms with E-state index in [1.165, 1.54) is 12.8 Å². The van der Waals surface area contributed by atoms with Crippen molar-refractivity contribution in [2.45, 2.75) is 57.0 Å². The van der Waals surface area contributed by atoms with E-state index in [0.717, 1.165) is 42.4 Å². The van der Waals surface area contributed by atoms with Gasteiger partial charge in [0.25, 0.3) is 0 Å². The lowest BCUT2D eigenvalue weighted by atomic mass is 9.91. The number of fused-ring (bicyclic) bond motifs is 1. The molecule has 2 saturated carbocycles. The quantitative estimate of drug-likeness (QED) is 0.673. The molecule has 150 valence electrons. The fourth-order valence-electron chi connectivity index (χ4n) is 4.13. The summed E-state index contributed by atoms with van der Waals surface area (Å²) in [7, 11) is 0. The molecule has 3 aromatic rings. The molecular formula is C22H26N6O. The van der Waals surface area contributed by atoms with Gasteiger partial charge in [0, 0.05) is 36.2 Å². The van der Waals surface area contributed by atoms with Crippen LogP contribution in [0, 0.1) is 5.92 Å². The Morgan fingerprint density at radius 3 is 2.66 bits per heavy atom. The van der Waals surface area contributed by atoms with Gasteiger partial charge in [0.2, 0.25) is 11.9 Å². The maximum atomic E-state index is 12.0. The van der Waals surface area contributed by atoms with E-state index in [2.05, 4.69) is 25.7 Å². The first-order valence-electron chi connectivity index (χ1n) is 10.6. The summed E-state index contributed by atoms with van der Waals surface area (Å²) in [5, 5.41) is 12.2. The van der Waals surface area contributed by atoms with Crippen LogP contribution in [0.5, 0.6) is 0 Å². The van der Waals surface area contributed by atoms with Crippen LogP contribution in [0.4, 0.5) is 5.95 Å². The fourth-order valence-corrected chi connectivity index (χ4v) is 4.13. The Labute approximate surface area is 169 Å². The molecule has 7 nitrogen and oxygen atoms in total. The van der Waals surface area contributed by atoms with Gasteiger partial charge in [-0.2, -0.15) is 10.1 Å². The van der Waals surface area contributed by atoms with Crippen molar-refractivity contribution in [3.8, 4) is 5.82 Å². The Hall–Kier alpha value is -2.96. The third-order valence-electron chi connectivity index (χ3n) is 5.93. The molecule has 0 bridgehead atoms. The molecule has 0 saturated heterocycles. The van der Waals surface area contributed by atoms with Gasteiger partial charge in [0.05, 0.1) is 11.7 Å². The van der Waals surface area contributed by atoms with Crippen molar-refractivity contribution in [1.29, 1.82) is 0 Å². The van der Waals surface area contributed by atoms with Crippen LogP contribution in [0.2, 0.25) is 0 Å². The number of hydrogen-bond donors (Lipinski definition) is 2. The minimum atomic E-state index is 0.228. The molecule has 29 heavy (non-hydrogen) atoms. The van der Waals surface area contributed by atoms with Crippen LogP contribution in [0.3, 0.4) is 0 Å². The SMILES string of the molecule is O=C(CC1CC1)NC1CCC(Nc2nccc(-n3ncc4ccccc43)n2)CC1. The van der Waals surface area contributed by atoms with Crippen LogP contribution in [-0.2, 0) is 4.79 Å². The number of carbonyl (C=O) groups excluding carboxylic acids is 1. The zero-order valence-corrected chi connectivity index (χ0v) is 16.4. The molecule has 2 heterocycles. The molecule has 2 N–H and O–H groups in total. The summed E-state index contributed by atoms with van der Waals surface area (Å²) in [6.45, 7) is 0. The first kappa shape index (κ1) is 18.1. The van der Waals surface area contributed by atoms with Crippen molar-refractivity contribution >= 4 is 22.8 Å². The Balaban J connectivity index is 1.19. The van der Waals surface area contributed by atoms with Crippen molar-refractivity contribution in [2.75, 3.05) is 5.32 Å². The van der Waals surface area contributed by atoms with E-state index < -0.39 is 0 Å². The zero-order chi connectivity index (χ0) is 19.6. The van der Waals surface area contributed by atoms with Gasteiger partial charge < -0.3 is 10.6 Å². The van der Waals surface area contributed by atoms with Gasteiger partial charge in [0.15, 0.2) is 5.82 Å². The number of para-hydroxylation sites is 1. The topological polar surface area (TPSA) is 84.7 Å². The molecule has 7 heteroatoms. The van der Waals surface area contributed by atoms with Gasteiger partial charge >= 0.3 is 0 Å². The lowest BCUT2D eigenvalue weighted by Crippen LogP contribution is -2.40. The summed E-state index contributed by atoms with van der Waals surface area (Å²) in [5.41, 5.74) is 1.03. The fraction of sp³-hybridized carbons (Fsp3) is 0.455. The lowest BCUT2D eigenvalue weighted by Gasteiger charge is -2.29. The number of hydrogen-bond acceptors (Lipinski definition) is 5. The number of amides is 1. The molecule has 0 radical (unpaired) electrons. The van der Waals surface area contributed by atoms with Crippen LogP contribution in [0.25, 0.3) is 16.7 Å². The standard InChI is InChI=1S/C22H26N6O/c29-21(13-15-5-6-15)25-17-7-9-18(10-8-17)26-22-23-12-11-20(27-22)28-19-4-2-1-3-16(19)14-24-28/h1-4,11-12,14-15,17-18H,5-10,13H2,(H,25,29)(H,23,26,27). The van der Waals surface area contributed by atoms with Gasteiger partial charge in [-0.1, -0.05) is 18.2 Å². The zero-order valence-electron chi connectivity index (χ0n) is 16.4. The first-order valence-corrected chi connectivity index (χ1v) is 10.6. The van der Waals surface area contributed by atoms with Gasteiger partial charge in [-0.25, -0.2) is 9.67 Å². The molecular weight excluding hydrogens is 364 g/mol. The Morgan fingerprint density at radius 1 is 1.03 bits per heavy atom. The summed E-state index contributed by atoms with van der Waals surface area (Å²) < 4.78 is 1.84. The third-order valence-corrected chi connectivity index (χ3v) is 5.93. The predicted octanol–water partition coefficient (Wildman–Crippen LogP) is 3.45. The summed E-state index contributed by atoms with van der Waals surface area (Å²) >= 11 is 0. The highest BCUT2D eigenvalue weighted by Gasteiger charge is 2.27. The highest BCUT2D eigenvalue weighted by Crippen LogP contribution is 2.32. The van der Waals surface area contributed by atoms with E-state index in [1.807, 2.05) is 41.2 Å². The molecule has 0 aliphatic heterocycles. The minimum absolute atomic E-state index is 0.228. The second kappa shape index (κ2) is 7.81. The largest absolute Gasteiger partial charge is 0.353 e. The van der Waals surface area contributed by atoms with Crippen LogP contribution >= 0.6 is 0 Å². The summed E-state index contributed by atoms with van der Waals surface area (Å²) in [6.07, 6.45) is 10.8. The smallest absolute Gasteiger partial charge is 0.224 e. The normalized spacial score (nSPS) is 21.8. The first-order chi connectivity index (χ1) is 14.2. The molecule has 5 rings (SSSR count). The van der Waals surface area contributed by atoms with E-state index >= 15 is 0 Å². The average molecular weight is 390 g/mol. The molecule has 0 atom stereocenters. The summed E-state index contributed by atoms with van der Waals surface area (Å²) in [5.74, 6) is 2.25. The van der Waals surface area contributed by atoms with E-state index in [9.17, 15) is 4.79 Å². The summed E-state index contributed by atoms with van der Waals surface area (Å²) in [6, 6.07) is 10.6. The van der Waals surface area contributed by atoms with Crippen molar-refractivity contribution in [3.63, 3.8) is 0 Å². The molecule has 1 amide bonds. The van der Waals surface area contributed by atoms with Crippen molar-refractivity contribution < 1.29 is 4.79 Å². The van der Waals surface area contributed by atoms with E-state index in [1.54, 1.807) is 6.20 Å². The number of carbonyl (C=O) groups is 1. The molecule has 2 aliphatic rings. The number of nitrogens with zero attached hydrogens (tertiary/aromatic N) is 4. The van der Waals surface area contributed by atoms with Gasteiger partial charge in [-0.05, 0) is 50.5 Å². The number of aromatic nitrogens is 4. The van der Waals surface area contributed by atoms with Gasteiger partial charge in [0.1, 0.15) is 0 Å². The molecule has 0 spiro atoms. The second-order valence-corrected chi connectivity index (χ2v) is 8.26. The second-order valence-electron chi connectivity index (χ2n) is 8.26. The summed E-state index contributed by atoms with van der Waals surface area (Å²) in [4.78, 5) is 21.1. The predicted molar refractivity (Wildman–Crippen MR) is 112 cm³/mol. The molecule has 1 aromatic carbocycles. The van der Waals surface area contributed by atoms with Crippen molar-refractivity contribution in [2.24, 2.45) is 5.92 Å². The van der Waals surface area contributed by atoms with Crippen LogP contribution in [0.1, 0.15) is 44.9 Å². The molecule has 0 unspecified atom stereocenters. The van der Waals surface area contributed by atoms with E-state index in [4.69, 9.17) is 0 Å². The number of nitrogens with one attached hydrogen (secondary N) is 2. The van der Waals surface area contributed by atoms with Crippen LogP contribution in [-0.4, -0.2) is 37.7 Å². The monoisotopic (exact) mass is 390 g/mol. The highest BCUT2D eigenvalue weighted by atomic mass is 16.1. The Kier molecular flexibility index (Phi) is 4.87. The maximum Gasteiger partial charge on any atom is 0.224 e.